The topological polar surface area (TPSA) is 54.5 Å². The van der Waals surface area contributed by atoms with Crippen LogP contribution in [0.2, 0.25) is 0 Å². The minimum absolute atomic E-state index is 0.121. The molecular formula is C19H20F3N3O2. The Labute approximate surface area is 155 Å². The molecule has 1 N–H and O–H groups in total. The van der Waals surface area contributed by atoms with E-state index >= 15 is 0 Å². The Bertz CT molecular complexity index is 745. The highest BCUT2D eigenvalue weighted by atomic mass is 19.4. The highest BCUT2D eigenvalue weighted by Gasteiger charge is 2.33. The predicted octanol–water partition coefficient (Wildman–Crippen LogP) is 3.51. The number of ether oxygens (including phenoxy) is 1. The molecule has 1 fully saturated rings. The zero-order chi connectivity index (χ0) is 19.3. The summed E-state index contributed by atoms with van der Waals surface area (Å²) >= 11 is 0. The Morgan fingerprint density at radius 2 is 1.93 bits per heavy atom. The van der Waals surface area contributed by atoms with Crippen LogP contribution in [-0.4, -0.2) is 41.7 Å². The van der Waals surface area contributed by atoms with Crippen LogP contribution in [0.3, 0.4) is 0 Å². The first-order valence-corrected chi connectivity index (χ1v) is 8.68. The first-order valence-electron chi connectivity index (χ1n) is 8.68. The maximum absolute atomic E-state index is 12.5. The molecule has 0 aliphatic carbocycles. The zero-order valence-corrected chi connectivity index (χ0v) is 14.6. The quantitative estimate of drug-likeness (QED) is 0.782. The molecule has 0 bridgehead atoms. The maximum atomic E-state index is 12.5. The fraction of sp³-hybridized carbons (Fsp3) is 0.368. The Hall–Kier alpha value is -2.77. The van der Waals surface area contributed by atoms with E-state index in [1.54, 1.807) is 4.90 Å². The summed E-state index contributed by atoms with van der Waals surface area (Å²) in [7, 11) is 0. The largest absolute Gasteiger partial charge is 0.471 e. The third-order valence-electron chi connectivity index (χ3n) is 4.25. The molecule has 0 spiro atoms. The van der Waals surface area contributed by atoms with Gasteiger partial charge in [-0.3, -0.25) is 0 Å². The number of alkyl halides is 3. The summed E-state index contributed by atoms with van der Waals surface area (Å²) in [6.07, 6.45) is -2.20. The van der Waals surface area contributed by atoms with Crippen LogP contribution in [0.5, 0.6) is 5.88 Å². The molecule has 0 unspecified atom stereocenters. The number of aryl methyl sites for hydroxylation is 1. The number of benzene rings is 1. The lowest BCUT2D eigenvalue weighted by Gasteiger charge is -2.38. The second kappa shape index (κ2) is 8.28. The number of aromatic nitrogens is 1. The molecule has 0 atom stereocenters. The smallest absolute Gasteiger partial charge is 0.417 e. The number of amides is 2. The van der Waals surface area contributed by atoms with E-state index in [-0.39, 0.29) is 18.0 Å². The van der Waals surface area contributed by atoms with Crippen LogP contribution in [0.15, 0.2) is 48.7 Å². The number of nitrogens with one attached hydrogen (secondary N) is 1. The van der Waals surface area contributed by atoms with E-state index in [4.69, 9.17) is 4.74 Å². The van der Waals surface area contributed by atoms with E-state index in [0.717, 1.165) is 25.1 Å². The van der Waals surface area contributed by atoms with Crippen molar-refractivity contribution >= 4 is 6.03 Å². The molecule has 5 nitrogen and oxygen atoms in total. The SMILES string of the molecule is O=C(NCCCc1ccccc1)N1CC(Oc2ccc(C(F)(F)F)cn2)C1. The fourth-order valence-corrected chi connectivity index (χ4v) is 2.71. The van der Waals surface area contributed by atoms with Crippen LogP contribution in [-0.2, 0) is 12.6 Å². The summed E-state index contributed by atoms with van der Waals surface area (Å²) in [4.78, 5) is 17.3. The molecule has 3 rings (SSSR count). The van der Waals surface area contributed by atoms with E-state index in [0.29, 0.717) is 19.6 Å². The second-order valence-electron chi connectivity index (χ2n) is 6.35. The molecule has 2 aromatic rings. The third-order valence-corrected chi connectivity index (χ3v) is 4.25. The molecule has 0 saturated carbocycles. The number of hydrogen-bond acceptors (Lipinski definition) is 3. The number of carbonyl (C=O) groups is 1. The number of urea groups is 1. The van der Waals surface area contributed by atoms with E-state index in [9.17, 15) is 18.0 Å². The summed E-state index contributed by atoms with van der Waals surface area (Å²) in [6.45, 7) is 1.34. The molecule has 144 valence electrons. The minimum Gasteiger partial charge on any atom is -0.471 e. The number of hydrogen-bond donors (Lipinski definition) is 1. The summed E-state index contributed by atoms with van der Waals surface area (Å²) in [5.74, 6) is 0.121. The van der Waals surface area contributed by atoms with Crippen LogP contribution >= 0.6 is 0 Å². The van der Waals surface area contributed by atoms with Crippen molar-refractivity contribution < 1.29 is 22.7 Å². The lowest BCUT2D eigenvalue weighted by molar-refractivity contribution is -0.137. The monoisotopic (exact) mass is 379 g/mol. The van der Waals surface area contributed by atoms with Gasteiger partial charge in [-0.15, -0.1) is 0 Å². The van der Waals surface area contributed by atoms with Crippen molar-refractivity contribution in [1.82, 2.24) is 15.2 Å². The lowest BCUT2D eigenvalue weighted by atomic mass is 10.1. The van der Waals surface area contributed by atoms with Gasteiger partial charge in [0, 0.05) is 18.8 Å². The Morgan fingerprint density at radius 3 is 2.56 bits per heavy atom. The number of nitrogens with zero attached hydrogens (tertiary/aromatic N) is 2. The Morgan fingerprint density at radius 1 is 1.19 bits per heavy atom. The maximum Gasteiger partial charge on any atom is 0.417 e. The summed E-state index contributed by atoms with van der Waals surface area (Å²) in [5.41, 5.74) is 0.410. The zero-order valence-electron chi connectivity index (χ0n) is 14.6. The van der Waals surface area contributed by atoms with Crippen LogP contribution in [0.1, 0.15) is 17.5 Å². The molecule has 1 aliphatic rings. The Kier molecular flexibility index (Phi) is 5.83. The van der Waals surface area contributed by atoms with Gasteiger partial charge in [-0.2, -0.15) is 13.2 Å². The van der Waals surface area contributed by atoms with E-state index in [2.05, 4.69) is 22.4 Å². The van der Waals surface area contributed by atoms with Crippen molar-refractivity contribution in [2.75, 3.05) is 19.6 Å². The summed E-state index contributed by atoms with van der Waals surface area (Å²) in [5, 5.41) is 2.85. The molecule has 2 amide bonds. The van der Waals surface area contributed by atoms with Crippen molar-refractivity contribution in [3.05, 3.63) is 59.8 Å². The van der Waals surface area contributed by atoms with Crippen molar-refractivity contribution in [2.24, 2.45) is 0 Å². The standard InChI is InChI=1S/C19H20F3N3O2/c20-19(21,22)15-8-9-17(24-11-15)27-16-12-25(13-16)18(26)23-10-4-7-14-5-2-1-3-6-14/h1-3,5-6,8-9,11,16H,4,7,10,12-13H2,(H,23,26). The van der Waals surface area contributed by atoms with Gasteiger partial charge in [0.2, 0.25) is 5.88 Å². The van der Waals surface area contributed by atoms with Crippen LogP contribution in [0.4, 0.5) is 18.0 Å². The van der Waals surface area contributed by atoms with E-state index in [1.165, 1.54) is 11.6 Å². The molecule has 2 heterocycles. The number of likely N-dealkylation sites (tertiary alicyclic amines) is 1. The molecule has 1 aromatic heterocycles. The normalized spacial score (nSPS) is 14.6. The number of pyridine rings is 1. The number of rotatable bonds is 6. The average molecular weight is 379 g/mol. The van der Waals surface area contributed by atoms with Crippen LogP contribution < -0.4 is 10.1 Å². The predicted molar refractivity (Wildman–Crippen MR) is 93.4 cm³/mol. The minimum atomic E-state index is -4.42. The van der Waals surface area contributed by atoms with Crippen molar-refractivity contribution in [3.63, 3.8) is 0 Å². The molecule has 8 heteroatoms. The van der Waals surface area contributed by atoms with Gasteiger partial charge in [0.1, 0.15) is 6.10 Å². The van der Waals surface area contributed by atoms with Gasteiger partial charge >= 0.3 is 12.2 Å². The molecule has 1 saturated heterocycles. The Balaban J connectivity index is 1.33. The van der Waals surface area contributed by atoms with Gasteiger partial charge in [0.05, 0.1) is 18.7 Å². The first-order chi connectivity index (χ1) is 12.9. The molecule has 0 radical (unpaired) electrons. The second-order valence-corrected chi connectivity index (χ2v) is 6.35. The van der Waals surface area contributed by atoms with Gasteiger partial charge in [-0.25, -0.2) is 9.78 Å². The van der Waals surface area contributed by atoms with Gasteiger partial charge in [-0.05, 0) is 24.5 Å². The molecule has 1 aromatic carbocycles. The molecule has 27 heavy (non-hydrogen) atoms. The van der Waals surface area contributed by atoms with Gasteiger partial charge in [-0.1, -0.05) is 30.3 Å². The van der Waals surface area contributed by atoms with Crippen LogP contribution in [0, 0.1) is 0 Å². The third kappa shape index (κ3) is 5.35. The summed E-state index contributed by atoms with van der Waals surface area (Å²) in [6, 6.07) is 12.0. The van der Waals surface area contributed by atoms with Gasteiger partial charge in [0.25, 0.3) is 0 Å². The molecule has 1 aliphatic heterocycles. The van der Waals surface area contributed by atoms with Crippen molar-refractivity contribution in [1.29, 1.82) is 0 Å². The van der Waals surface area contributed by atoms with Gasteiger partial charge < -0.3 is 15.0 Å². The van der Waals surface area contributed by atoms with E-state index < -0.39 is 11.7 Å². The number of halogens is 3. The van der Waals surface area contributed by atoms with Crippen LogP contribution in [0.25, 0.3) is 0 Å². The fourth-order valence-electron chi connectivity index (χ4n) is 2.71. The first kappa shape index (κ1) is 19.0. The molecular weight excluding hydrogens is 359 g/mol. The van der Waals surface area contributed by atoms with E-state index in [1.807, 2.05) is 18.2 Å². The highest BCUT2D eigenvalue weighted by molar-refractivity contribution is 5.75. The van der Waals surface area contributed by atoms with Crippen molar-refractivity contribution in [2.45, 2.75) is 25.1 Å². The highest BCUT2D eigenvalue weighted by Crippen LogP contribution is 2.29. The number of carbonyl (C=O) groups excluding carboxylic acids is 1. The van der Waals surface area contributed by atoms with Gasteiger partial charge in [0.15, 0.2) is 0 Å². The summed E-state index contributed by atoms with van der Waals surface area (Å²) < 4.78 is 43.0. The lowest BCUT2D eigenvalue weighted by Crippen LogP contribution is -2.59. The average Bonchev–Trinajstić information content (AvgIpc) is 2.62. The van der Waals surface area contributed by atoms with Crippen molar-refractivity contribution in [3.8, 4) is 5.88 Å².